The molecule has 3 aromatic rings. The van der Waals surface area contributed by atoms with Gasteiger partial charge in [0.25, 0.3) is 21.6 Å². The van der Waals surface area contributed by atoms with Crippen LogP contribution in [0.1, 0.15) is 13.8 Å². The second kappa shape index (κ2) is 12.7. The number of anilines is 3. The quantitative estimate of drug-likeness (QED) is 0.199. The Morgan fingerprint density at radius 2 is 1.62 bits per heavy atom. The van der Waals surface area contributed by atoms with Crippen LogP contribution in [-0.4, -0.2) is 50.9 Å². The average molecular weight is 571 g/mol. The molecular weight excluding hydrogens is 544 g/mol. The van der Waals surface area contributed by atoms with Gasteiger partial charge in [-0.3, -0.25) is 24.0 Å². The first-order chi connectivity index (χ1) is 18.9. The Balaban J connectivity index is 1.53. The molecule has 0 aliphatic rings. The number of nitrogens with one attached hydrogen (secondary N) is 2. The number of sulfonamides is 1. The predicted molar refractivity (Wildman–Crippen MR) is 146 cm³/mol. The maximum absolute atomic E-state index is 13.0. The summed E-state index contributed by atoms with van der Waals surface area (Å²) in [6, 6.07) is 16.9. The number of carbonyl (C=O) groups is 3. The zero-order valence-electron chi connectivity index (χ0n) is 21.7. The standard InChI is InChI=1S/C26H26N4O9S/c1-17(26(33)28-20-5-4-6-22(15-20)30(34)35)39-25(32)16-38-23-11-9-21(10-12-23)29(3)40(36,37)24-13-7-19(8-14-24)27-18(2)31/h4-15,17H,16H2,1-3H3,(H,27,31)(H,28,33). The predicted octanol–water partition coefficient (Wildman–Crippen LogP) is 3.33. The molecule has 0 bridgehead atoms. The van der Waals surface area contributed by atoms with E-state index in [9.17, 15) is 32.9 Å². The highest BCUT2D eigenvalue weighted by Crippen LogP contribution is 2.25. The lowest BCUT2D eigenvalue weighted by Crippen LogP contribution is -2.31. The van der Waals surface area contributed by atoms with E-state index in [0.717, 1.165) is 4.31 Å². The lowest BCUT2D eigenvalue weighted by Gasteiger charge is -2.20. The molecule has 40 heavy (non-hydrogen) atoms. The molecule has 0 radical (unpaired) electrons. The normalized spacial score (nSPS) is 11.6. The summed E-state index contributed by atoms with van der Waals surface area (Å²) in [4.78, 5) is 45.9. The zero-order chi connectivity index (χ0) is 29.4. The molecule has 2 N–H and O–H groups in total. The van der Waals surface area contributed by atoms with Gasteiger partial charge in [0.1, 0.15) is 5.75 Å². The molecule has 0 aliphatic carbocycles. The van der Waals surface area contributed by atoms with Crippen molar-refractivity contribution in [2.45, 2.75) is 24.8 Å². The summed E-state index contributed by atoms with van der Waals surface area (Å²) in [7, 11) is -2.51. The molecule has 0 saturated heterocycles. The fourth-order valence-electron chi connectivity index (χ4n) is 3.33. The molecule has 0 heterocycles. The van der Waals surface area contributed by atoms with Gasteiger partial charge in [0, 0.05) is 37.5 Å². The van der Waals surface area contributed by atoms with Crippen molar-refractivity contribution in [1.82, 2.24) is 0 Å². The van der Waals surface area contributed by atoms with Crippen LogP contribution >= 0.6 is 0 Å². The fourth-order valence-corrected chi connectivity index (χ4v) is 4.53. The van der Waals surface area contributed by atoms with Crippen LogP contribution in [0.15, 0.2) is 77.7 Å². The van der Waals surface area contributed by atoms with Gasteiger partial charge in [0.2, 0.25) is 5.91 Å². The smallest absolute Gasteiger partial charge is 0.344 e. The minimum atomic E-state index is -3.89. The summed E-state index contributed by atoms with van der Waals surface area (Å²) < 4.78 is 37.4. The van der Waals surface area contributed by atoms with E-state index in [-0.39, 0.29) is 27.9 Å². The topological polar surface area (TPSA) is 174 Å². The molecule has 1 atom stereocenters. The van der Waals surface area contributed by atoms with Crippen LogP contribution in [0.4, 0.5) is 22.7 Å². The van der Waals surface area contributed by atoms with Crippen molar-refractivity contribution in [2.24, 2.45) is 0 Å². The van der Waals surface area contributed by atoms with Crippen LogP contribution in [0.3, 0.4) is 0 Å². The van der Waals surface area contributed by atoms with Gasteiger partial charge in [-0.05, 0) is 61.5 Å². The number of hydrogen-bond donors (Lipinski definition) is 2. The molecule has 2 amide bonds. The maximum atomic E-state index is 13.0. The highest BCUT2D eigenvalue weighted by molar-refractivity contribution is 7.92. The van der Waals surface area contributed by atoms with Crippen molar-refractivity contribution in [1.29, 1.82) is 0 Å². The molecule has 3 rings (SSSR count). The summed E-state index contributed by atoms with van der Waals surface area (Å²) in [6.45, 7) is 2.16. The van der Waals surface area contributed by atoms with Gasteiger partial charge in [-0.15, -0.1) is 0 Å². The highest BCUT2D eigenvalue weighted by Gasteiger charge is 2.22. The second-order valence-electron chi connectivity index (χ2n) is 8.39. The Hall–Kier alpha value is -4.98. The van der Waals surface area contributed by atoms with Gasteiger partial charge in [-0.1, -0.05) is 6.07 Å². The Morgan fingerprint density at radius 1 is 0.975 bits per heavy atom. The van der Waals surface area contributed by atoms with Crippen LogP contribution in [0.25, 0.3) is 0 Å². The summed E-state index contributed by atoms with van der Waals surface area (Å²) in [6.07, 6.45) is -1.20. The molecule has 13 nitrogen and oxygen atoms in total. The van der Waals surface area contributed by atoms with E-state index in [4.69, 9.17) is 9.47 Å². The van der Waals surface area contributed by atoms with Crippen LogP contribution < -0.4 is 19.7 Å². The van der Waals surface area contributed by atoms with Gasteiger partial charge in [-0.25, -0.2) is 13.2 Å². The van der Waals surface area contributed by atoms with Crippen molar-refractivity contribution in [2.75, 3.05) is 28.6 Å². The molecule has 0 aliphatic heterocycles. The molecule has 14 heteroatoms. The van der Waals surface area contributed by atoms with E-state index in [2.05, 4.69) is 10.6 Å². The third kappa shape index (κ3) is 7.77. The molecule has 0 saturated carbocycles. The fraction of sp³-hybridized carbons (Fsp3) is 0.192. The maximum Gasteiger partial charge on any atom is 0.344 e. The average Bonchev–Trinajstić information content (AvgIpc) is 2.91. The Morgan fingerprint density at radius 3 is 2.23 bits per heavy atom. The van der Waals surface area contributed by atoms with E-state index in [1.807, 2.05) is 0 Å². The van der Waals surface area contributed by atoms with Crippen LogP contribution in [-0.2, 0) is 29.1 Å². The largest absolute Gasteiger partial charge is 0.482 e. The Bertz CT molecular complexity index is 1510. The summed E-state index contributed by atoms with van der Waals surface area (Å²) in [5.74, 6) is -1.55. The lowest BCUT2D eigenvalue weighted by molar-refractivity contribution is -0.384. The van der Waals surface area contributed by atoms with Crippen molar-refractivity contribution in [3.63, 3.8) is 0 Å². The van der Waals surface area contributed by atoms with Gasteiger partial charge in [0.15, 0.2) is 12.7 Å². The second-order valence-corrected chi connectivity index (χ2v) is 10.4. The first-order valence-corrected chi connectivity index (χ1v) is 13.1. The number of nitrogens with zero attached hydrogens (tertiary/aromatic N) is 2. The molecular formula is C26H26N4O9S. The monoisotopic (exact) mass is 570 g/mol. The number of nitro benzene ring substituents is 1. The van der Waals surface area contributed by atoms with Crippen molar-refractivity contribution in [3.8, 4) is 5.75 Å². The molecule has 210 valence electrons. The van der Waals surface area contributed by atoms with Crippen LogP contribution in [0.2, 0.25) is 0 Å². The van der Waals surface area contributed by atoms with Crippen molar-refractivity contribution >= 4 is 50.6 Å². The number of nitro groups is 1. The summed E-state index contributed by atoms with van der Waals surface area (Å²) in [5, 5.41) is 15.9. The number of non-ortho nitro benzene ring substituents is 1. The van der Waals surface area contributed by atoms with E-state index >= 15 is 0 Å². The number of esters is 1. The van der Waals surface area contributed by atoms with E-state index in [1.165, 1.54) is 93.7 Å². The third-order valence-electron chi connectivity index (χ3n) is 5.39. The van der Waals surface area contributed by atoms with Crippen LogP contribution in [0, 0.1) is 10.1 Å². The van der Waals surface area contributed by atoms with Crippen molar-refractivity contribution < 1.29 is 37.2 Å². The van der Waals surface area contributed by atoms with Gasteiger partial charge in [0.05, 0.1) is 15.5 Å². The highest BCUT2D eigenvalue weighted by atomic mass is 32.2. The third-order valence-corrected chi connectivity index (χ3v) is 7.19. The van der Waals surface area contributed by atoms with E-state index < -0.39 is 39.5 Å². The first-order valence-electron chi connectivity index (χ1n) is 11.7. The van der Waals surface area contributed by atoms with Gasteiger partial charge < -0.3 is 20.1 Å². The zero-order valence-corrected chi connectivity index (χ0v) is 22.5. The van der Waals surface area contributed by atoms with E-state index in [1.54, 1.807) is 0 Å². The number of rotatable bonds is 11. The summed E-state index contributed by atoms with van der Waals surface area (Å²) in [5.41, 5.74) is 0.759. The minimum Gasteiger partial charge on any atom is -0.482 e. The van der Waals surface area contributed by atoms with E-state index in [0.29, 0.717) is 11.4 Å². The lowest BCUT2D eigenvalue weighted by atomic mass is 10.2. The molecule has 1 unspecified atom stereocenters. The number of benzene rings is 3. The van der Waals surface area contributed by atoms with Gasteiger partial charge >= 0.3 is 5.97 Å². The molecule has 0 aromatic heterocycles. The summed E-state index contributed by atoms with van der Waals surface area (Å²) >= 11 is 0. The molecule has 3 aromatic carbocycles. The SMILES string of the molecule is CC(=O)Nc1ccc(S(=O)(=O)N(C)c2ccc(OCC(=O)OC(C)C(=O)Nc3cccc([N+](=O)[O-])c3)cc2)cc1. The first kappa shape index (κ1) is 29.6. The molecule has 0 fully saturated rings. The Kier molecular flexibility index (Phi) is 9.40. The van der Waals surface area contributed by atoms with Gasteiger partial charge in [-0.2, -0.15) is 0 Å². The van der Waals surface area contributed by atoms with Crippen LogP contribution in [0.5, 0.6) is 5.75 Å². The number of amides is 2. The number of hydrogen-bond acceptors (Lipinski definition) is 9. The number of ether oxygens (including phenoxy) is 2. The van der Waals surface area contributed by atoms with Crippen molar-refractivity contribution in [3.05, 3.63) is 82.9 Å². The molecule has 0 spiro atoms. The minimum absolute atomic E-state index is 0.0239. The number of carbonyl (C=O) groups excluding carboxylic acids is 3. The Labute approximate surface area is 229 Å².